The number of hydrogen-bond donors (Lipinski definition) is 0. The van der Waals surface area contributed by atoms with Crippen LogP contribution in [0.5, 0.6) is 0 Å². The van der Waals surface area contributed by atoms with Gasteiger partial charge in [0.2, 0.25) is 5.12 Å². The summed E-state index contributed by atoms with van der Waals surface area (Å²) in [5.41, 5.74) is 0. The summed E-state index contributed by atoms with van der Waals surface area (Å²) in [6.45, 7) is 22.9. The molecule has 10 heteroatoms. The lowest BCUT2D eigenvalue weighted by Crippen LogP contribution is -2.43. The summed E-state index contributed by atoms with van der Waals surface area (Å²) in [6.07, 6.45) is 1.24. The van der Waals surface area contributed by atoms with Gasteiger partial charge in [-0.15, -0.1) is 0 Å². The zero-order valence-electron chi connectivity index (χ0n) is 20.9. The third kappa shape index (κ3) is 11.6. The molecular weight excluding hydrogens is 437 g/mol. The highest BCUT2D eigenvalue weighted by Gasteiger charge is 2.34. The molecule has 0 aliphatic carbocycles. The van der Waals surface area contributed by atoms with Gasteiger partial charge in [0, 0.05) is 24.2 Å². The first kappa shape index (κ1) is 30.9. The average Bonchev–Trinajstić information content (AvgIpc) is 2.65. The van der Waals surface area contributed by atoms with Crippen LogP contribution in [0.2, 0.25) is 0 Å². The smallest absolute Gasteiger partial charge is 0.246 e. The summed E-state index contributed by atoms with van der Waals surface area (Å²) in [7, 11) is -1.02. The number of nitrogens with zero attached hydrogens (tertiary/aromatic N) is 3. The zero-order chi connectivity index (χ0) is 24.2. The molecule has 184 valence electrons. The van der Waals surface area contributed by atoms with Gasteiger partial charge in [0.25, 0.3) is 0 Å². The molecule has 0 rings (SSSR count). The van der Waals surface area contributed by atoms with Crippen molar-refractivity contribution in [2.24, 2.45) is 0 Å². The lowest BCUT2D eigenvalue weighted by Gasteiger charge is -2.45. The van der Waals surface area contributed by atoms with Crippen LogP contribution in [0.3, 0.4) is 0 Å². The molecule has 0 aromatic carbocycles. The third-order valence-corrected chi connectivity index (χ3v) is 8.21. The number of hydrogen-bond acceptors (Lipinski definition) is 8. The van der Waals surface area contributed by atoms with Gasteiger partial charge in [-0.25, -0.2) is 9.34 Å². The molecule has 0 heterocycles. The molecule has 0 saturated carbocycles. The fraction of sp³-hybridized carbons (Fsp3) is 0.857. The minimum absolute atomic E-state index is 0.0166. The van der Waals surface area contributed by atoms with Gasteiger partial charge in [0.05, 0.1) is 12.7 Å². The molecule has 0 saturated heterocycles. The van der Waals surface area contributed by atoms with Crippen molar-refractivity contribution in [2.45, 2.75) is 86.5 Å². The quantitative estimate of drug-likeness (QED) is 0.0933. The van der Waals surface area contributed by atoms with E-state index in [-0.39, 0.29) is 37.7 Å². The van der Waals surface area contributed by atoms with Gasteiger partial charge < -0.3 is 23.9 Å². The number of quaternary nitrogens is 1. The maximum atomic E-state index is 12.1. The highest BCUT2D eigenvalue weighted by atomic mass is 32.2. The van der Waals surface area contributed by atoms with Crippen LogP contribution < -0.4 is 0 Å². The highest BCUT2D eigenvalue weighted by molar-refractivity contribution is 8.13. The van der Waals surface area contributed by atoms with Gasteiger partial charge in [0.1, 0.15) is 5.94 Å². The van der Waals surface area contributed by atoms with E-state index in [0.717, 1.165) is 11.8 Å². The van der Waals surface area contributed by atoms with E-state index in [0.29, 0.717) is 24.2 Å². The monoisotopic (exact) mass is 481 g/mol. The SMILES string of the molecule is C=C[N+]([O-])(CC)CC(=O)SCOCOCOP(N(C(C)C)C(C)C)N(C(C)C)C(C)C. The first-order valence-electron chi connectivity index (χ1n) is 10.9. The molecule has 1 atom stereocenters. The van der Waals surface area contributed by atoms with Crippen LogP contribution in [-0.4, -0.2) is 75.9 Å². The standard InChI is InChI=1S/C21H44N3O5PS/c1-11-24(26,12-2)13-21(25)31-16-28-14-27-15-29-30(22(17(3)4)18(5)6)23(19(7)8)20(9)10/h11,17-20H,1,12-16H2,2-10H3. The normalized spacial score (nSPS) is 14.6. The van der Waals surface area contributed by atoms with E-state index < -0.39 is 13.1 Å². The Morgan fingerprint density at radius 1 is 1.00 bits per heavy atom. The van der Waals surface area contributed by atoms with Crippen molar-refractivity contribution in [1.82, 2.24) is 9.34 Å². The van der Waals surface area contributed by atoms with Crippen LogP contribution in [-0.2, 0) is 18.8 Å². The lowest BCUT2D eigenvalue weighted by molar-refractivity contribution is -0.817. The topological polar surface area (TPSA) is 74.3 Å². The third-order valence-electron chi connectivity index (χ3n) is 4.50. The van der Waals surface area contributed by atoms with Crippen molar-refractivity contribution >= 4 is 25.3 Å². The highest BCUT2D eigenvalue weighted by Crippen LogP contribution is 2.50. The molecule has 1 unspecified atom stereocenters. The van der Waals surface area contributed by atoms with Gasteiger partial charge in [-0.3, -0.25) is 4.79 Å². The molecule has 0 radical (unpaired) electrons. The second-order valence-electron chi connectivity index (χ2n) is 8.40. The minimum atomic E-state index is -1.02. The van der Waals surface area contributed by atoms with Crippen LogP contribution in [0.25, 0.3) is 0 Å². The van der Waals surface area contributed by atoms with Crippen molar-refractivity contribution in [3.8, 4) is 0 Å². The first-order chi connectivity index (χ1) is 14.4. The molecule has 0 spiro atoms. The Labute approximate surface area is 195 Å². The second kappa shape index (κ2) is 15.7. The first-order valence-corrected chi connectivity index (χ1v) is 13.1. The van der Waals surface area contributed by atoms with Gasteiger partial charge in [-0.05, 0) is 68.9 Å². The van der Waals surface area contributed by atoms with Crippen molar-refractivity contribution in [1.29, 1.82) is 0 Å². The van der Waals surface area contributed by atoms with Crippen LogP contribution in [0.4, 0.5) is 0 Å². The summed E-state index contributed by atoms with van der Waals surface area (Å²) in [5, 5.41) is 11.9. The average molecular weight is 482 g/mol. The summed E-state index contributed by atoms with van der Waals surface area (Å²) in [6, 6.07) is 1.31. The van der Waals surface area contributed by atoms with Gasteiger partial charge in [0.15, 0.2) is 28.6 Å². The van der Waals surface area contributed by atoms with E-state index in [4.69, 9.17) is 14.0 Å². The fourth-order valence-corrected chi connectivity index (χ4v) is 5.97. The van der Waals surface area contributed by atoms with Gasteiger partial charge in [-0.2, -0.15) is 0 Å². The summed E-state index contributed by atoms with van der Waals surface area (Å²) < 4.78 is 21.1. The zero-order valence-corrected chi connectivity index (χ0v) is 22.6. The summed E-state index contributed by atoms with van der Waals surface area (Å²) in [5.74, 6) is 0.128. The Balaban J connectivity index is 4.60. The number of thioether (sulfide) groups is 1. The van der Waals surface area contributed by atoms with E-state index in [1.807, 2.05) is 0 Å². The Morgan fingerprint density at radius 2 is 1.48 bits per heavy atom. The Bertz CT molecular complexity index is 489. The van der Waals surface area contributed by atoms with Gasteiger partial charge >= 0.3 is 0 Å². The number of carbonyl (C=O) groups is 1. The van der Waals surface area contributed by atoms with E-state index in [1.54, 1.807) is 6.92 Å². The Kier molecular flexibility index (Phi) is 15.6. The lowest BCUT2D eigenvalue weighted by atomic mass is 10.3. The van der Waals surface area contributed by atoms with Gasteiger partial charge in [-0.1, -0.05) is 11.8 Å². The largest absolute Gasteiger partial charge is 0.627 e. The predicted octanol–water partition coefficient (Wildman–Crippen LogP) is 5.11. The van der Waals surface area contributed by atoms with Crippen molar-refractivity contribution in [3.63, 3.8) is 0 Å². The predicted molar refractivity (Wildman–Crippen MR) is 131 cm³/mol. The van der Waals surface area contributed by atoms with Crippen molar-refractivity contribution in [2.75, 3.05) is 32.6 Å². The molecular formula is C21H44N3O5PS. The Hall–Kier alpha value is -0.0900. The second-order valence-corrected chi connectivity index (χ2v) is 11.1. The van der Waals surface area contributed by atoms with E-state index in [9.17, 15) is 10.0 Å². The maximum Gasteiger partial charge on any atom is 0.246 e. The molecule has 0 N–H and O–H groups in total. The van der Waals surface area contributed by atoms with Crippen LogP contribution in [0, 0.1) is 5.21 Å². The molecule has 0 aliphatic rings. The molecule has 0 fully saturated rings. The fourth-order valence-electron chi connectivity index (χ4n) is 3.12. The van der Waals surface area contributed by atoms with Crippen LogP contribution in [0.1, 0.15) is 62.3 Å². The molecule has 31 heavy (non-hydrogen) atoms. The van der Waals surface area contributed by atoms with Crippen LogP contribution in [0.15, 0.2) is 12.8 Å². The van der Waals surface area contributed by atoms with E-state index >= 15 is 0 Å². The number of ether oxygens (including phenoxy) is 2. The number of rotatable bonds is 17. The molecule has 0 aromatic heterocycles. The minimum Gasteiger partial charge on any atom is -0.627 e. The van der Waals surface area contributed by atoms with Crippen LogP contribution >= 0.6 is 20.2 Å². The molecule has 8 nitrogen and oxygen atoms in total. The molecule has 0 bridgehead atoms. The van der Waals surface area contributed by atoms with E-state index in [1.165, 1.54) is 6.20 Å². The Morgan fingerprint density at radius 3 is 1.87 bits per heavy atom. The molecule has 0 aromatic rings. The number of hydroxylamine groups is 3. The molecule has 0 aliphatic heterocycles. The molecule has 0 amide bonds. The summed E-state index contributed by atoms with van der Waals surface area (Å²) in [4.78, 5) is 11.9. The summed E-state index contributed by atoms with van der Waals surface area (Å²) >= 11 is 0.966. The van der Waals surface area contributed by atoms with E-state index in [2.05, 4.69) is 71.3 Å². The van der Waals surface area contributed by atoms with Crippen molar-refractivity contribution in [3.05, 3.63) is 18.0 Å². The number of likely N-dealkylation sites (N-methyl/N-ethyl adjacent to an activating group) is 1. The number of carbonyl (C=O) groups excluding carboxylic acids is 1. The van der Waals surface area contributed by atoms with Crippen molar-refractivity contribution < 1.29 is 23.4 Å². The maximum absolute atomic E-state index is 12.1.